The van der Waals surface area contributed by atoms with E-state index in [4.69, 9.17) is 0 Å². The van der Waals surface area contributed by atoms with Crippen LogP contribution >= 0.6 is 0 Å². The Morgan fingerprint density at radius 2 is 1.49 bits per heavy atom. The molecule has 3 aromatic rings. The number of hydrogen-bond donors (Lipinski definition) is 0. The van der Waals surface area contributed by atoms with Crippen LogP contribution < -0.4 is 5.19 Å². The molecule has 0 saturated heterocycles. The molecule has 190 valence electrons. The first-order valence-electron chi connectivity index (χ1n) is 13.9. The zero-order valence-electron chi connectivity index (χ0n) is 24.2. The SMILES string of the molecule is CC1=C(C)C(C)C([Si](C)(C)c2c(C(C)(C)C)ccc(-c3cccc4c3C=CC4)c2-c2ccccc2)=C1C. The Bertz CT molecular complexity index is 1470. The molecule has 0 aliphatic heterocycles. The minimum absolute atomic E-state index is 0.0496. The van der Waals surface area contributed by atoms with Crippen LogP contribution in [-0.2, 0) is 11.8 Å². The van der Waals surface area contributed by atoms with Crippen LogP contribution in [0.15, 0.2) is 88.7 Å². The molecular weight excluding hydrogens is 460 g/mol. The maximum atomic E-state index is 2.62. The van der Waals surface area contributed by atoms with Crippen molar-refractivity contribution < 1.29 is 0 Å². The fraction of sp³-hybridized carbons (Fsp3) is 0.333. The predicted molar refractivity (Wildman–Crippen MR) is 166 cm³/mol. The number of benzene rings is 3. The van der Waals surface area contributed by atoms with Gasteiger partial charge in [-0.1, -0.05) is 130 Å². The largest absolute Gasteiger partial charge is 0.109 e. The molecule has 0 N–H and O–H groups in total. The summed E-state index contributed by atoms with van der Waals surface area (Å²) < 4.78 is 0. The second-order valence-corrected chi connectivity index (χ2v) is 17.0. The van der Waals surface area contributed by atoms with Gasteiger partial charge < -0.3 is 0 Å². The normalized spacial score (nSPS) is 17.7. The number of fused-ring (bicyclic) bond motifs is 1. The minimum Gasteiger partial charge on any atom is -0.0795 e. The van der Waals surface area contributed by atoms with Crippen LogP contribution in [0.3, 0.4) is 0 Å². The van der Waals surface area contributed by atoms with E-state index in [0.717, 1.165) is 6.42 Å². The highest BCUT2D eigenvalue weighted by Crippen LogP contribution is 2.45. The Morgan fingerprint density at radius 3 is 2.11 bits per heavy atom. The van der Waals surface area contributed by atoms with Gasteiger partial charge in [-0.05, 0) is 88.2 Å². The van der Waals surface area contributed by atoms with Crippen molar-refractivity contribution >= 4 is 19.3 Å². The Balaban J connectivity index is 1.92. The van der Waals surface area contributed by atoms with Crippen LogP contribution in [0.25, 0.3) is 28.3 Å². The molecule has 0 saturated carbocycles. The highest BCUT2D eigenvalue weighted by Gasteiger charge is 2.42. The zero-order valence-corrected chi connectivity index (χ0v) is 25.2. The fourth-order valence-corrected chi connectivity index (χ4v) is 11.8. The van der Waals surface area contributed by atoms with Crippen molar-refractivity contribution in [2.24, 2.45) is 5.92 Å². The second kappa shape index (κ2) is 9.13. The Labute approximate surface area is 225 Å². The third-order valence-corrected chi connectivity index (χ3v) is 13.0. The van der Waals surface area contributed by atoms with Gasteiger partial charge in [0.2, 0.25) is 0 Å². The number of rotatable bonds is 4. The first-order chi connectivity index (χ1) is 17.4. The highest BCUT2D eigenvalue weighted by molar-refractivity contribution is 6.97. The first kappa shape index (κ1) is 25.7. The summed E-state index contributed by atoms with van der Waals surface area (Å²) in [6, 6.07) is 23.0. The summed E-state index contributed by atoms with van der Waals surface area (Å²) >= 11 is 0. The molecule has 0 fully saturated rings. The third kappa shape index (κ3) is 4.12. The average Bonchev–Trinajstić information content (AvgIpc) is 3.42. The fourth-order valence-electron chi connectivity index (χ4n) is 7.04. The van der Waals surface area contributed by atoms with E-state index in [1.165, 1.54) is 50.1 Å². The van der Waals surface area contributed by atoms with Crippen molar-refractivity contribution in [3.8, 4) is 22.3 Å². The molecular formula is C36H42Si. The van der Waals surface area contributed by atoms with E-state index in [9.17, 15) is 0 Å². The molecule has 3 aromatic carbocycles. The lowest BCUT2D eigenvalue weighted by molar-refractivity contribution is 0.594. The summed E-state index contributed by atoms with van der Waals surface area (Å²) in [5, 5.41) is 3.33. The molecule has 0 amide bonds. The van der Waals surface area contributed by atoms with Gasteiger partial charge in [0.1, 0.15) is 8.07 Å². The summed E-state index contributed by atoms with van der Waals surface area (Å²) in [5.41, 5.74) is 14.5. The van der Waals surface area contributed by atoms with Crippen LogP contribution in [0.2, 0.25) is 13.1 Å². The topological polar surface area (TPSA) is 0 Å². The summed E-state index contributed by atoms with van der Waals surface area (Å²) in [6.45, 7) is 21.9. The number of hydrogen-bond acceptors (Lipinski definition) is 0. The lowest BCUT2D eigenvalue weighted by atomic mass is 9.82. The molecule has 1 heteroatoms. The molecule has 0 spiro atoms. The van der Waals surface area contributed by atoms with Gasteiger partial charge in [-0.25, -0.2) is 0 Å². The van der Waals surface area contributed by atoms with Crippen LogP contribution in [-0.4, -0.2) is 8.07 Å². The molecule has 0 aromatic heterocycles. The molecule has 0 heterocycles. The molecule has 2 aliphatic rings. The van der Waals surface area contributed by atoms with Gasteiger partial charge in [0.25, 0.3) is 0 Å². The lowest BCUT2D eigenvalue weighted by Gasteiger charge is -2.38. The Kier molecular flexibility index (Phi) is 6.35. The van der Waals surface area contributed by atoms with Crippen molar-refractivity contribution in [1.82, 2.24) is 0 Å². The van der Waals surface area contributed by atoms with E-state index < -0.39 is 8.07 Å². The summed E-state index contributed by atoms with van der Waals surface area (Å²) in [4.78, 5) is 0. The summed E-state index contributed by atoms with van der Waals surface area (Å²) in [6.07, 6.45) is 5.68. The third-order valence-electron chi connectivity index (χ3n) is 9.12. The molecule has 5 rings (SSSR count). The van der Waals surface area contributed by atoms with Crippen LogP contribution in [0.5, 0.6) is 0 Å². The van der Waals surface area contributed by atoms with E-state index >= 15 is 0 Å². The summed E-state index contributed by atoms with van der Waals surface area (Å²) in [5.74, 6) is 0.505. The minimum atomic E-state index is -2.11. The molecule has 1 unspecified atom stereocenters. The van der Waals surface area contributed by atoms with Gasteiger partial charge in [0.05, 0.1) is 0 Å². The van der Waals surface area contributed by atoms with Crippen LogP contribution in [0, 0.1) is 5.92 Å². The van der Waals surface area contributed by atoms with Gasteiger partial charge in [0, 0.05) is 0 Å². The van der Waals surface area contributed by atoms with E-state index in [1.807, 2.05) is 0 Å². The molecule has 0 bridgehead atoms. The molecule has 2 aliphatic carbocycles. The van der Waals surface area contributed by atoms with Gasteiger partial charge in [-0.15, -0.1) is 0 Å². The van der Waals surface area contributed by atoms with Crippen molar-refractivity contribution in [1.29, 1.82) is 0 Å². The van der Waals surface area contributed by atoms with E-state index in [2.05, 4.69) is 134 Å². The molecule has 37 heavy (non-hydrogen) atoms. The lowest BCUT2D eigenvalue weighted by Crippen LogP contribution is -2.50. The smallest absolute Gasteiger partial charge is 0.0795 e. The summed E-state index contributed by atoms with van der Waals surface area (Å²) in [7, 11) is -2.11. The van der Waals surface area contributed by atoms with Crippen molar-refractivity contribution in [2.75, 3.05) is 0 Å². The van der Waals surface area contributed by atoms with Crippen molar-refractivity contribution in [3.05, 3.63) is 105 Å². The van der Waals surface area contributed by atoms with Gasteiger partial charge in [-0.3, -0.25) is 0 Å². The Morgan fingerprint density at radius 1 is 0.784 bits per heavy atom. The van der Waals surface area contributed by atoms with Gasteiger partial charge in [-0.2, -0.15) is 0 Å². The van der Waals surface area contributed by atoms with Crippen LogP contribution in [0.4, 0.5) is 0 Å². The average molecular weight is 503 g/mol. The maximum absolute atomic E-state index is 2.62. The van der Waals surface area contributed by atoms with Crippen molar-refractivity contribution in [3.63, 3.8) is 0 Å². The molecule has 1 atom stereocenters. The monoisotopic (exact) mass is 502 g/mol. The van der Waals surface area contributed by atoms with Gasteiger partial charge >= 0.3 is 0 Å². The predicted octanol–water partition coefficient (Wildman–Crippen LogP) is 9.64. The second-order valence-electron chi connectivity index (χ2n) is 12.7. The van der Waals surface area contributed by atoms with Crippen molar-refractivity contribution in [2.45, 2.75) is 73.4 Å². The molecule has 0 nitrogen and oxygen atoms in total. The van der Waals surface area contributed by atoms with Gasteiger partial charge in [0.15, 0.2) is 0 Å². The zero-order chi connectivity index (χ0) is 26.7. The van der Waals surface area contributed by atoms with E-state index in [-0.39, 0.29) is 5.41 Å². The first-order valence-corrected chi connectivity index (χ1v) is 16.9. The maximum Gasteiger partial charge on any atom is 0.109 e. The van der Waals surface area contributed by atoms with E-state index in [1.54, 1.807) is 16.0 Å². The number of allylic oxidation sites excluding steroid dienone is 5. The molecule has 0 radical (unpaired) electrons. The standard InChI is InChI=1S/C36H42Si/c1-23-24(2)26(4)34(25(23)3)37(8,9)35-32(36(5,6)7)22-21-31(33(35)28-15-11-10-12-16-28)30-20-14-18-27-17-13-19-29(27)30/h10-16,18-22,25H,17H2,1-9H3. The highest BCUT2D eigenvalue weighted by atomic mass is 28.3. The van der Waals surface area contributed by atoms with E-state index in [0.29, 0.717) is 5.92 Å². The van der Waals surface area contributed by atoms with Crippen LogP contribution in [0.1, 0.15) is 65.2 Å². The Hall–Kier alpha value is -2.90. The quantitative estimate of drug-likeness (QED) is 0.311.